The van der Waals surface area contributed by atoms with Crippen LogP contribution in [0.15, 0.2) is 30.3 Å². The molecule has 0 saturated carbocycles. The van der Waals surface area contributed by atoms with Crippen molar-refractivity contribution in [1.82, 2.24) is 14.9 Å². The summed E-state index contributed by atoms with van der Waals surface area (Å²) in [6.45, 7) is 4.10. The molecule has 3 rings (SSSR count). The Bertz CT molecular complexity index is 725. The number of carbonyl (C=O) groups is 1. The van der Waals surface area contributed by atoms with Crippen LogP contribution in [0.5, 0.6) is 5.75 Å². The average Bonchev–Trinajstić information content (AvgIpc) is 2.66. The molecule has 1 aliphatic heterocycles. The van der Waals surface area contributed by atoms with E-state index in [1.54, 1.807) is 13.2 Å². The highest BCUT2D eigenvalue weighted by atomic mass is 16.5. The predicted molar refractivity (Wildman–Crippen MR) is 96.8 cm³/mol. The van der Waals surface area contributed by atoms with Crippen LogP contribution in [-0.4, -0.2) is 41.0 Å². The van der Waals surface area contributed by atoms with E-state index in [0.29, 0.717) is 18.2 Å². The first-order chi connectivity index (χ1) is 12.2. The number of likely N-dealkylation sites (tertiary alicyclic amines) is 1. The van der Waals surface area contributed by atoms with Gasteiger partial charge >= 0.3 is 0 Å². The lowest BCUT2D eigenvalue weighted by atomic mass is 10.1. The van der Waals surface area contributed by atoms with Gasteiger partial charge in [0.2, 0.25) is 5.95 Å². The van der Waals surface area contributed by atoms with Crippen LogP contribution >= 0.6 is 0 Å². The number of aromatic nitrogens is 2. The number of aryl methyl sites for hydroxylation is 1. The molecule has 1 aromatic carbocycles. The molecule has 0 aliphatic carbocycles. The van der Waals surface area contributed by atoms with Gasteiger partial charge in [-0.3, -0.25) is 4.79 Å². The molecular weight excluding hydrogens is 316 g/mol. The molecule has 1 aliphatic rings. The summed E-state index contributed by atoms with van der Waals surface area (Å²) >= 11 is 0. The summed E-state index contributed by atoms with van der Waals surface area (Å²) in [4.78, 5) is 23.3. The maximum Gasteiger partial charge on any atom is 0.272 e. The molecule has 2 aromatic rings. The molecule has 0 unspecified atom stereocenters. The van der Waals surface area contributed by atoms with Crippen molar-refractivity contribution in [2.45, 2.75) is 32.7 Å². The standard InChI is InChI=1S/C19H24N4O2/c1-14-12-17(18(24)23-10-4-3-5-11-23)22-19(21-14)20-13-15-6-8-16(25-2)9-7-15/h6-9,12H,3-5,10-11,13H2,1-2H3,(H,20,21,22). The predicted octanol–water partition coefficient (Wildman–Crippen LogP) is 3.03. The molecule has 1 aromatic heterocycles. The van der Waals surface area contributed by atoms with Crippen molar-refractivity contribution >= 4 is 11.9 Å². The number of amides is 1. The zero-order valence-corrected chi connectivity index (χ0v) is 14.8. The first-order valence-corrected chi connectivity index (χ1v) is 8.67. The van der Waals surface area contributed by atoms with E-state index in [-0.39, 0.29) is 5.91 Å². The number of hydrogen-bond acceptors (Lipinski definition) is 5. The highest BCUT2D eigenvalue weighted by Crippen LogP contribution is 2.15. The Morgan fingerprint density at radius 3 is 2.56 bits per heavy atom. The van der Waals surface area contributed by atoms with Crippen LogP contribution in [0.25, 0.3) is 0 Å². The fourth-order valence-corrected chi connectivity index (χ4v) is 2.94. The maximum absolute atomic E-state index is 12.6. The van der Waals surface area contributed by atoms with Crippen molar-refractivity contribution in [3.8, 4) is 5.75 Å². The average molecular weight is 340 g/mol. The number of benzene rings is 1. The van der Waals surface area contributed by atoms with Crippen LogP contribution in [0.2, 0.25) is 0 Å². The fourth-order valence-electron chi connectivity index (χ4n) is 2.94. The zero-order chi connectivity index (χ0) is 17.6. The number of anilines is 1. The number of methoxy groups -OCH3 is 1. The van der Waals surface area contributed by atoms with E-state index in [4.69, 9.17) is 4.74 Å². The molecular formula is C19H24N4O2. The van der Waals surface area contributed by atoms with Gasteiger partial charge in [0.05, 0.1) is 7.11 Å². The third-order valence-electron chi connectivity index (χ3n) is 4.33. The van der Waals surface area contributed by atoms with Gasteiger partial charge in [-0.15, -0.1) is 0 Å². The summed E-state index contributed by atoms with van der Waals surface area (Å²) in [5, 5.41) is 3.20. The van der Waals surface area contributed by atoms with Crippen molar-refractivity contribution in [1.29, 1.82) is 0 Å². The normalized spacial score (nSPS) is 14.2. The first kappa shape index (κ1) is 17.2. The lowest BCUT2D eigenvalue weighted by Gasteiger charge is -2.26. The first-order valence-electron chi connectivity index (χ1n) is 8.67. The van der Waals surface area contributed by atoms with Crippen molar-refractivity contribution < 1.29 is 9.53 Å². The minimum Gasteiger partial charge on any atom is -0.497 e. The number of rotatable bonds is 5. The van der Waals surface area contributed by atoms with Crippen LogP contribution in [0.3, 0.4) is 0 Å². The van der Waals surface area contributed by atoms with Crippen LogP contribution in [-0.2, 0) is 6.54 Å². The molecule has 6 nitrogen and oxygen atoms in total. The quantitative estimate of drug-likeness (QED) is 0.906. The molecule has 1 saturated heterocycles. The zero-order valence-electron chi connectivity index (χ0n) is 14.8. The van der Waals surface area contributed by atoms with Crippen LogP contribution in [0.4, 0.5) is 5.95 Å². The largest absolute Gasteiger partial charge is 0.497 e. The van der Waals surface area contributed by atoms with E-state index >= 15 is 0 Å². The van der Waals surface area contributed by atoms with Crippen molar-refractivity contribution in [3.63, 3.8) is 0 Å². The highest BCUT2D eigenvalue weighted by molar-refractivity contribution is 5.92. The SMILES string of the molecule is COc1ccc(CNc2nc(C)cc(C(=O)N3CCCCC3)n2)cc1. The summed E-state index contributed by atoms with van der Waals surface area (Å²) in [6, 6.07) is 9.57. The molecule has 1 N–H and O–H groups in total. The highest BCUT2D eigenvalue weighted by Gasteiger charge is 2.20. The smallest absolute Gasteiger partial charge is 0.272 e. The van der Waals surface area contributed by atoms with Gasteiger partial charge < -0.3 is 15.0 Å². The number of nitrogens with one attached hydrogen (secondary N) is 1. The van der Waals surface area contributed by atoms with Gasteiger partial charge in [0.25, 0.3) is 5.91 Å². The second-order valence-corrected chi connectivity index (χ2v) is 6.27. The Balaban J connectivity index is 1.68. The van der Waals surface area contributed by atoms with Gasteiger partial charge in [-0.25, -0.2) is 9.97 Å². The molecule has 2 heterocycles. The summed E-state index contributed by atoms with van der Waals surface area (Å²) in [5.41, 5.74) is 2.34. The Kier molecular flexibility index (Phi) is 5.48. The Hall–Kier alpha value is -2.63. The van der Waals surface area contributed by atoms with E-state index in [9.17, 15) is 4.79 Å². The van der Waals surface area contributed by atoms with E-state index in [1.807, 2.05) is 36.1 Å². The topological polar surface area (TPSA) is 67.3 Å². The van der Waals surface area contributed by atoms with E-state index < -0.39 is 0 Å². The number of ether oxygens (including phenoxy) is 1. The third-order valence-corrected chi connectivity index (χ3v) is 4.33. The van der Waals surface area contributed by atoms with Gasteiger partial charge in [0, 0.05) is 25.3 Å². The summed E-state index contributed by atoms with van der Waals surface area (Å²) < 4.78 is 5.16. The molecule has 1 amide bonds. The molecule has 0 bridgehead atoms. The van der Waals surface area contributed by atoms with Gasteiger partial charge in [0.1, 0.15) is 11.4 Å². The lowest BCUT2D eigenvalue weighted by molar-refractivity contribution is 0.0718. The maximum atomic E-state index is 12.6. The molecule has 1 fully saturated rings. The number of carbonyl (C=O) groups excluding carboxylic acids is 1. The van der Waals surface area contributed by atoms with Crippen molar-refractivity contribution in [2.24, 2.45) is 0 Å². The second kappa shape index (κ2) is 7.96. The minimum atomic E-state index is -0.00213. The Labute approximate surface area is 148 Å². The lowest BCUT2D eigenvalue weighted by Crippen LogP contribution is -2.36. The van der Waals surface area contributed by atoms with Crippen molar-refractivity contribution in [3.05, 3.63) is 47.3 Å². The number of hydrogen-bond donors (Lipinski definition) is 1. The molecule has 0 atom stereocenters. The molecule has 0 radical (unpaired) electrons. The monoisotopic (exact) mass is 340 g/mol. The van der Waals surface area contributed by atoms with E-state index in [2.05, 4.69) is 15.3 Å². The van der Waals surface area contributed by atoms with Gasteiger partial charge in [-0.2, -0.15) is 0 Å². The summed E-state index contributed by atoms with van der Waals surface area (Å²) in [7, 11) is 1.65. The van der Waals surface area contributed by atoms with Crippen LogP contribution < -0.4 is 10.1 Å². The molecule has 0 spiro atoms. The summed E-state index contributed by atoms with van der Waals surface area (Å²) in [5.74, 6) is 1.30. The summed E-state index contributed by atoms with van der Waals surface area (Å²) in [6.07, 6.45) is 3.33. The van der Waals surface area contributed by atoms with Crippen LogP contribution in [0.1, 0.15) is 41.0 Å². The minimum absolute atomic E-state index is 0.00213. The number of piperidine rings is 1. The molecule has 25 heavy (non-hydrogen) atoms. The Morgan fingerprint density at radius 2 is 1.88 bits per heavy atom. The van der Waals surface area contributed by atoms with E-state index in [1.165, 1.54) is 6.42 Å². The molecule has 132 valence electrons. The molecule has 6 heteroatoms. The van der Waals surface area contributed by atoms with Gasteiger partial charge in [-0.05, 0) is 49.9 Å². The van der Waals surface area contributed by atoms with Gasteiger partial charge in [0.15, 0.2) is 0 Å². The van der Waals surface area contributed by atoms with E-state index in [0.717, 1.165) is 42.9 Å². The fraction of sp³-hybridized carbons (Fsp3) is 0.421. The van der Waals surface area contributed by atoms with Crippen molar-refractivity contribution in [2.75, 3.05) is 25.5 Å². The number of nitrogens with zero attached hydrogens (tertiary/aromatic N) is 3. The van der Waals surface area contributed by atoms with Crippen LogP contribution in [0, 0.1) is 6.92 Å². The second-order valence-electron chi connectivity index (χ2n) is 6.27. The third kappa shape index (κ3) is 4.47. The Morgan fingerprint density at radius 1 is 1.16 bits per heavy atom. The van der Waals surface area contributed by atoms with Gasteiger partial charge in [-0.1, -0.05) is 12.1 Å².